The highest BCUT2D eigenvalue weighted by atomic mass is 32.2. The Morgan fingerprint density at radius 3 is 2.23 bits per heavy atom. The number of unbranched alkanes of at least 4 members (excludes halogenated alkanes) is 4. The molecule has 2 amide bonds. The van der Waals surface area contributed by atoms with Crippen molar-refractivity contribution in [3.05, 3.63) is 83.9 Å². The standard InChI is InChI=1S/C31H35F3N2O3S/c1-3-5-6-7-8-20-36(30(38)35-25-16-14-24(15-17-25)31(32,33)34)26-10-9-11-28(22-26)40-27-18-12-23(13-19-27)21-29(37)39-4-2/h9-19,22H,3-8,20-21H2,1-2H3,(H,35,38). The number of nitrogens with one attached hydrogen (secondary N) is 1. The van der Waals surface area contributed by atoms with E-state index < -0.39 is 17.8 Å². The number of urea groups is 1. The summed E-state index contributed by atoms with van der Waals surface area (Å²) in [6.07, 6.45) is 0.878. The third kappa shape index (κ3) is 9.93. The molecule has 0 radical (unpaired) electrons. The molecule has 9 heteroatoms. The molecule has 3 aromatic carbocycles. The number of esters is 1. The molecule has 0 unspecified atom stereocenters. The topological polar surface area (TPSA) is 58.6 Å². The van der Waals surface area contributed by atoms with Gasteiger partial charge >= 0.3 is 18.2 Å². The van der Waals surface area contributed by atoms with Crippen molar-refractivity contribution in [1.82, 2.24) is 0 Å². The maximum absolute atomic E-state index is 13.3. The third-order valence-corrected chi connectivity index (χ3v) is 7.13. The number of ether oxygens (including phenoxy) is 1. The van der Waals surface area contributed by atoms with Gasteiger partial charge in [0.1, 0.15) is 0 Å². The van der Waals surface area contributed by atoms with Gasteiger partial charge in [0.25, 0.3) is 0 Å². The van der Waals surface area contributed by atoms with Crippen molar-refractivity contribution in [2.45, 2.75) is 68.3 Å². The number of hydrogen-bond donors (Lipinski definition) is 1. The summed E-state index contributed by atoms with van der Waals surface area (Å²) in [5, 5.41) is 2.75. The van der Waals surface area contributed by atoms with Crippen LogP contribution in [-0.2, 0) is 22.1 Å². The second-order valence-corrected chi connectivity index (χ2v) is 10.4. The SMILES string of the molecule is CCCCCCCN(C(=O)Nc1ccc(C(F)(F)F)cc1)c1cccc(Sc2ccc(CC(=O)OCC)cc2)c1. The second-order valence-electron chi connectivity index (χ2n) is 9.30. The molecule has 40 heavy (non-hydrogen) atoms. The van der Waals surface area contributed by atoms with Gasteiger partial charge in [0.05, 0.1) is 18.6 Å². The summed E-state index contributed by atoms with van der Waals surface area (Å²) in [7, 11) is 0. The van der Waals surface area contributed by atoms with Crippen molar-refractivity contribution in [3.8, 4) is 0 Å². The van der Waals surface area contributed by atoms with Crippen LogP contribution < -0.4 is 10.2 Å². The monoisotopic (exact) mass is 572 g/mol. The largest absolute Gasteiger partial charge is 0.466 e. The molecule has 0 fully saturated rings. The highest BCUT2D eigenvalue weighted by molar-refractivity contribution is 7.99. The van der Waals surface area contributed by atoms with Crippen molar-refractivity contribution in [2.75, 3.05) is 23.4 Å². The van der Waals surface area contributed by atoms with Crippen LogP contribution in [-0.4, -0.2) is 25.2 Å². The first-order valence-corrected chi connectivity index (χ1v) is 14.3. The molecule has 5 nitrogen and oxygen atoms in total. The van der Waals surface area contributed by atoms with Gasteiger partial charge in [-0.2, -0.15) is 13.2 Å². The molecule has 3 rings (SSSR count). The van der Waals surface area contributed by atoms with Gasteiger partial charge in [-0.25, -0.2) is 4.79 Å². The normalized spacial score (nSPS) is 11.2. The van der Waals surface area contributed by atoms with E-state index in [0.717, 1.165) is 59.6 Å². The average molecular weight is 573 g/mol. The van der Waals surface area contributed by atoms with Crippen LogP contribution in [0.1, 0.15) is 57.1 Å². The van der Waals surface area contributed by atoms with Crippen LogP contribution in [0, 0.1) is 0 Å². The summed E-state index contributed by atoms with van der Waals surface area (Å²) in [5.41, 5.74) is 1.09. The van der Waals surface area contributed by atoms with Crippen molar-refractivity contribution < 1.29 is 27.5 Å². The summed E-state index contributed by atoms with van der Waals surface area (Å²) < 4.78 is 43.8. The molecule has 3 aromatic rings. The van der Waals surface area contributed by atoms with Gasteiger partial charge in [-0.05, 0) is 73.5 Å². The molecule has 0 aliphatic rings. The van der Waals surface area contributed by atoms with Gasteiger partial charge in [0.2, 0.25) is 0 Å². The van der Waals surface area contributed by atoms with Crippen molar-refractivity contribution >= 4 is 35.1 Å². The van der Waals surface area contributed by atoms with Crippen LogP contribution in [0.3, 0.4) is 0 Å². The Hall–Kier alpha value is -3.46. The minimum absolute atomic E-state index is 0.218. The van der Waals surface area contributed by atoms with Crippen molar-refractivity contribution in [2.24, 2.45) is 0 Å². The lowest BCUT2D eigenvalue weighted by Crippen LogP contribution is -2.35. The number of nitrogens with zero attached hydrogens (tertiary/aromatic N) is 1. The van der Waals surface area contributed by atoms with Gasteiger partial charge in [0, 0.05) is 27.7 Å². The lowest BCUT2D eigenvalue weighted by Gasteiger charge is -2.24. The molecule has 1 N–H and O–H groups in total. The van der Waals surface area contributed by atoms with Crippen LogP contribution in [0.4, 0.5) is 29.3 Å². The molecule has 0 aliphatic carbocycles. The zero-order chi connectivity index (χ0) is 29.0. The first-order valence-electron chi connectivity index (χ1n) is 13.5. The van der Waals surface area contributed by atoms with E-state index in [4.69, 9.17) is 4.74 Å². The fourth-order valence-electron chi connectivity index (χ4n) is 4.06. The van der Waals surface area contributed by atoms with E-state index in [-0.39, 0.29) is 12.4 Å². The molecule has 0 atom stereocenters. The Balaban J connectivity index is 1.73. The van der Waals surface area contributed by atoms with Crippen LogP contribution in [0.5, 0.6) is 0 Å². The summed E-state index contributed by atoms with van der Waals surface area (Å²) in [6.45, 7) is 4.74. The van der Waals surface area contributed by atoms with Crippen LogP contribution in [0.15, 0.2) is 82.6 Å². The maximum atomic E-state index is 13.3. The highest BCUT2D eigenvalue weighted by Gasteiger charge is 2.30. The predicted octanol–water partition coefficient (Wildman–Crippen LogP) is 8.97. The number of alkyl halides is 3. The molecular formula is C31H35F3N2O3S. The van der Waals surface area contributed by atoms with Gasteiger partial charge in [-0.1, -0.05) is 62.6 Å². The van der Waals surface area contributed by atoms with E-state index in [9.17, 15) is 22.8 Å². The van der Waals surface area contributed by atoms with Gasteiger partial charge in [-0.3, -0.25) is 9.69 Å². The first kappa shape index (κ1) is 31.1. The molecule has 0 spiro atoms. The summed E-state index contributed by atoms with van der Waals surface area (Å²) in [6, 6.07) is 19.3. The molecule has 0 heterocycles. The summed E-state index contributed by atoms with van der Waals surface area (Å²) >= 11 is 1.53. The Morgan fingerprint density at radius 2 is 1.57 bits per heavy atom. The summed E-state index contributed by atoms with van der Waals surface area (Å²) in [4.78, 5) is 28.6. The van der Waals surface area contributed by atoms with Gasteiger partial charge in [0.15, 0.2) is 0 Å². The van der Waals surface area contributed by atoms with Crippen molar-refractivity contribution in [3.63, 3.8) is 0 Å². The minimum Gasteiger partial charge on any atom is -0.466 e. The number of carbonyl (C=O) groups excluding carboxylic acids is 2. The van der Waals surface area contributed by atoms with Gasteiger partial charge < -0.3 is 10.1 Å². The van der Waals surface area contributed by atoms with E-state index in [1.54, 1.807) is 11.8 Å². The Bertz CT molecular complexity index is 1230. The second kappa shape index (κ2) is 15.4. The minimum atomic E-state index is -4.44. The molecule has 0 saturated heterocycles. The number of benzene rings is 3. The summed E-state index contributed by atoms with van der Waals surface area (Å²) in [5.74, 6) is -0.264. The molecule has 214 valence electrons. The quantitative estimate of drug-likeness (QED) is 0.164. The fourth-order valence-corrected chi connectivity index (χ4v) is 4.93. The maximum Gasteiger partial charge on any atom is 0.416 e. The molecule has 0 bridgehead atoms. The van der Waals surface area contributed by atoms with Gasteiger partial charge in [-0.15, -0.1) is 0 Å². The predicted molar refractivity (Wildman–Crippen MR) is 154 cm³/mol. The molecule has 0 aromatic heterocycles. The average Bonchev–Trinajstić information content (AvgIpc) is 2.92. The van der Waals surface area contributed by atoms with Crippen LogP contribution >= 0.6 is 11.8 Å². The van der Waals surface area contributed by atoms with Crippen molar-refractivity contribution in [1.29, 1.82) is 0 Å². The lowest BCUT2D eigenvalue weighted by atomic mass is 10.1. The van der Waals surface area contributed by atoms with E-state index in [2.05, 4.69) is 12.2 Å². The van der Waals surface area contributed by atoms with Crippen LogP contribution in [0.25, 0.3) is 0 Å². The van der Waals surface area contributed by atoms with E-state index in [1.807, 2.05) is 48.5 Å². The molecule has 0 aliphatic heterocycles. The number of hydrogen-bond acceptors (Lipinski definition) is 4. The van der Waals surface area contributed by atoms with E-state index >= 15 is 0 Å². The number of halogens is 3. The molecular weight excluding hydrogens is 537 g/mol. The van der Waals surface area contributed by atoms with E-state index in [0.29, 0.717) is 24.5 Å². The lowest BCUT2D eigenvalue weighted by molar-refractivity contribution is -0.142. The smallest absolute Gasteiger partial charge is 0.416 e. The fraction of sp³-hybridized carbons (Fsp3) is 0.355. The molecule has 0 saturated carbocycles. The Kier molecular flexibility index (Phi) is 11.9. The highest BCUT2D eigenvalue weighted by Crippen LogP contribution is 2.32. The Labute approximate surface area is 238 Å². The van der Waals surface area contributed by atoms with E-state index in [1.165, 1.54) is 23.9 Å². The first-order chi connectivity index (χ1) is 19.2. The number of amides is 2. The zero-order valence-electron chi connectivity index (χ0n) is 22.8. The number of carbonyl (C=O) groups is 2. The number of anilines is 2. The van der Waals surface area contributed by atoms with Crippen LogP contribution in [0.2, 0.25) is 0 Å². The Morgan fingerprint density at radius 1 is 0.875 bits per heavy atom. The zero-order valence-corrected chi connectivity index (χ0v) is 23.6. The third-order valence-electron chi connectivity index (χ3n) is 6.14. The number of rotatable bonds is 13.